The Morgan fingerprint density at radius 3 is 2.82 bits per heavy atom. The minimum Gasteiger partial charge on any atom is -0.301 e. The van der Waals surface area contributed by atoms with Crippen LogP contribution in [0.2, 0.25) is 0 Å². The van der Waals surface area contributed by atoms with Gasteiger partial charge in [0.2, 0.25) is 0 Å². The molecule has 1 aromatic heterocycles. The second-order valence-corrected chi connectivity index (χ2v) is 3.74. The lowest BCUT2D eigenvalue weighted by Gasteiger charge is -2.05. The molecular weight excluding hydrogens is 208 g/mol. The number of carbonyl (C=O) groups is 1. The number of hydrogen-bond acceptors (Lipinski definition) is 2. The molecule has 1 aromatic rings. The van der Waals surface area contributed by atoms with Crippen molar-refractivity contribution < 1.29 is 4.79 Å². The summed E-state index contributed by atoms with van der Waals surface area (Å²) in [6, 6.07) is 0. The number of carbonyl (C=O) groups excluding carboxylic acids is 1. The van der Waals surface area contributed by atoms with Crippen molar-refractivity contribution >= 4 is 22.2 Å². The van der Waals surface area contributed by atoms with Crippen LogP contribution in [0.5, 0.6) is 0 Å². The first-order valence-corrected chi connectivity index (χ1v) is 4.23. The van der Waals surface area contributed by atoms with Crippen molar-refractivity contribution in [1.29, 1.82) is 0 Å². The third-order valence-electron chi connectivity index (χ3n) is 1.99. The maximum atomic E-state index is 10.6. The number of halogens is 1. The molecule has 2 rings (SSSR count). The van der Waals surface area contributed by atoms with Crippen LogP contribution in [0.25, 0.3) is 0 Å². The van der Waals surface area contributed by atoms with Gasteiger partial charge in [0, 0.05) is 6.20 Å². The van der Waals surface area contributed by atoms with Crippen LogP contribution in [0.4, 0.5) is 0 Å². The van der Waals surface area contributed by atoms with E-state index >= 15 is 0 Å². The number of rotatable bonds is 2. The number of nitrogens with zero attached hydrogens (tertiary/aromatic N) is 2. The van der Waals surface area contributed by atoms with E-state index in [-0.39, 0.29) is 5.54 Å². The highest BCUT2D eigenvalue weighted by molar-refractivity contribution is 9.10. The van der Waals surface area contributed by atoms with Crippen LogP contribution in [-0.2, 0) is 10.3 Å². The van der Waals surface area contributed by atoms with Gasteiger partial charge < -0.3 is 4.79 Å². The number of aromatic nitrogens is 2. The lowest BCUT2D eigenvalue weighted by Crippen LogP contribution is -2.18. The van der Waals surface area contributed by atoms with Gasteiger partial charge >= 0.3 is 0 Å². The third kappa shape index (κ3) is 1.01. The molecule has 4 heteroatoms. The lowest BCUT2D eigenvalue weighted by molar-refractivity contribution is -0.111. The summed E-state index contributed by atoms with van der Waals surface area (Å²) in [4.78, 5) is 10.6. The molecular formula is C7H7BrN2O. The van der Waals surface area contributed by atoms with E-state index < -0.39 is 0 Å². The van der Waals surface area contributed by atoms with Gasteiger partial charge in [-0.15, -0.1) is 0 Å². The molecule has 0 amide bonds. The molecule has 1 fully saturated rings. The van der Waals surface area contributed by atoms with Gasteiger partial charge in [-0.1, -0.05) is 0 Å². The highest BCUT2D eigenvalue weighted by atomic mass is 79.9. The fraction of sp³-hybridized carbons (Fsp3) is 0.429. The van der Waals surface area contributed by atoms with Crippen molar-refractivity contribution in [2.45, 2.75) is 18.4 Å². The molecule has 1 heterocycles. The van der Waals surface area contributed by atoms with Crippen molar-refractivity contribution in [2.75, 3.05) is 0 Å². The first kappa shape index (κ1) is 7.03. The predicted molar refractivity (Wildman–Crippen MR) is 43.2 cm³/mol. The minimum atomic E-state index is -0.300. The van der Waals surface area contributed by atoms with Crippen LogP contribution in [0.3, 0.4) is 0 Å². The lowest BCUT2D eigenvalue weighted by atomic mass is 10.3. The summed E-state index contributed by atoms with van der Waals surface area (Å²) >= 11 is 3.28. The molecule has 0 N–H and O–H groups in total. The molecule has 0 atom stereocenters. The Balaban J connectivity index is 2.36. The molecule has 3 nitrogen and oxygen atoms in total. The van der Waals surface area contributed by atoms with E-state index in [2.05, 4.69) is 21.0 Å². The molecule has 0 aromatic carbocycles. The third-order valence-corrected chi connectivity index (χ3v) is 2.40. The van der Waals surface area contributed by atoms with E-state index in [1.54, 1.807) is 10.9 Å². The zero-order valence-electron chi connectivity index (χ0n) is 5.83. The van der Waals surface area contributed by atoms with Crippen LogP contribution >= 0.6 is 15.9 Å². The monoisotopic (exact) mass is 214 g/mol. The molecule has 0 radical (unpaired) electrons. The summed E-state index contributed by atoms with van der Waals surface area (Å²) in [5.74, 6) is 0. The zero-order chi connectivity index (χ0) is 7.90. The van der Waals surface area contributed by atoms with Gasteiger partial charge in [-0.25, -0.2) is 0 Å². The second kappa shape index (κ2) is 2.17. The first-order valence-electron chi connectivity index (χ1n) is 3.44. The standard InChI is InChI=1S/C7H7BrN2O/c8-6-3-9-10(4-6)7(5-11)1-2-7/h3-5H,1-2H2. The topological polar surface area (TPSA) is 34.9 Å². The molecule has 0 unspecified atom stereocenters. The summed E-state index contributed by atoms with van der Waals surface area (Å²) in [7, 11) is 0. The molecule has 0 aliphatic heterocycles. The molecule has 1 aliphatic carbocycles. The molecule has 11 heavy (non-hydrogen) atoms. The smallest absolute Gasteiger partial charge is 0.147 e. The van der Waals surface area contributed by atoms with E-state index in [0.717, 1.165) is 23.6 Å². The van der Waals surface area contributed by atoms with Crippen LogP contribution in [0.15, 0.2) is 16.9 Å². The molecule has 0 saturated heterocycles. The van der Waals surface area contributed by atoms with Gasteiger partial charge in [0.15, 0.2) is 0 Å². The average molecular weight is 215 g/mol. The highest BCUT2D eigenvalue weighted by Gasteiger charge is 2.45. The Morgan fingerprint density at radius 1 is 1.73 bits per heavy atom. The Kier molecular flexibility index (Phi) is 1.39. The summed E-state index contributed by atoms with van der Waals surface area (Å²) in [5.41, 5.74) is -0.300. The highest BCUT2D eigenvalue weighted by Crippen LogP contribution is 2.40. The van der Waals surface area contributed by atoms with Crippen LogP contribution < -0.4 is 0 Å². The summed E-state index contributed by atoms with van der Waals surface area (Å²) < 4.78 is 2.65. The molecule has 1 aliphatic rings. The normalized spacial score (nSPS) is 19.7. The Bertz CT molecular complexity index is 290. The fourth-order valence-corrected chi connectivity index (χ4v) is 1.36. The summed E-state index contributed by atoms with van der Waals surface area (Å²) in [5, 5.41) is 4.06. The van der Waals surface area contributed by atoms with E-state index in [9.17, 15) is 4.79 Å². The second-order valence-electron chi connectivity index (χ2n) is 2.82. The SMILES string of the molecule is O=CC1(n2cc(Br)cn2)CC1. The van der Waals surface area contributed by atoms with Gasteiger partial charge in [0.25, 0.3) is 0 Å². The van der Waals surface area contributed by atoms with Gasteiger partial charge in [-0.05, 0) is 28.8 Å². The fourth-order valence-electron chi connectivity index (χ4n) is 1.07. The Labute approximate surface area is 72.5 Å². The Hall–Kier alpha value is -0.640. The average Bonchev–Trinajstić information content (AvgIpc) is 2.70. The minimum absolute atomic E-state index is 0.300. The molecule has 0 bridgehead atoms. The number of aldehydes is 1. The van der Waals surface area contributed by atoms with E-state index in [0.29, 0.717) is 0 Å². The van der Waals surface area contributed by atoms with Crippen LogP contribution in [0.1, 0.15) is 12.8 Å². The van der Waals surface area contributed by atoms with Gasteiger partial charge in [0.1, 0.15) is 11.8 Å². The van der Waals surface area contributed by atoms with Crippen LogP contribution in [-0.4, -0.2) is 16.1 Å². The molecule has 58 valence electrons. The van der Waals surface area contributed by atoms with Crippen molar-refractivity contribution in [3.8, 4) is 0 Å². The summed E-state index contributed by atoms with van der Waals surface area (Å²) in [6.07, 6.45) is 6.35. The van der Waals surface area contributed by atoms with Crippen molar-refractivity contribution in [3.05, 3.63) is 16.9 Å². The largest absolute Gasteiger partial charge is 0.301 e. The molecule has 0 spiro atoms. The summed E-state index contributed by atoms with van der Waals surface area (Å²) in [6.45, 7) is 0. The van der Waals surface area contributed by atoms with E-state index in [1.807, 2.05) is 6.20 Å². The first-order chi connectivity index (χ1) is 5.27. The van der Waals surface area contributed by atoms with Crippen molar-refractivity contribution in [2.24, 2.45) is 0 Å². The van der Waals surface area contributed by atoms with E-state index in [1.165, 1.54) is 0 Å². The van der Waals surface area contributed by atoms with Gasteiger partial charge in [-0.3, -0.25) is 4.68 Å². The van der Waals surface area contributed by atoms with Gasteiger partial charge in [-0.2, -0.15) is 5.10 Å². The van der Waals surface area contributed by atoms with Gasteiger partial charge in [0.05, 0.1) is 10.7 Å². The maximum absolute atomic E-state index is 10.6. The van der Waals surface area contributed by atoms with Crippen molar-refractivity contribution in [1.82, 2.24) is 9.78 Å². The van der Waals surface area contributed by atoms with E-state index in [4.69, 9.17) is 0 Å². The van der Waals surface area contributed by atoms with Crippen LogP contribution in [0, 0.1) is 0 Å². The quantitative estimate of drug-likeness (QED) is 0.697. The number of hydrogen-bond donors (Lipinski definition) is 0. The maximum Gasteiger partial charge on any atom is 0.147 e. The molecule has 1 saturated carbocycles. The Morgan fingerprint density at radius 2 is 2.45 bits per heavy atom. The van der Waals surface area contributed by atoms with Crippen molar-refractivity contribution in [3.63, 3.8) is 0 Å². The zero-order valence-corrected chi connectivity index (χ0v) is 7.41. The predicted octanol–water partition coefficient (Wildman–Crippen LogP) is 1.33.